The summed E-state index contributed by atoms with van der Waals surface area (Å²) in [6.45, 7) is 11.7. The SMILES string of the molecule is CCN(CC)CCCN(C(=O)c1ccccc1Cl)c1nnc(-c2cc(C)c(OC)c(C)c2)s1. The highest BCUT2D eigenvalue weighted by Crippen LogP contribution is 2.34. The first-order valence-electron chi connectivity index (χ1n) is 11.2. The van der Waals surface area contributed by atoms with Crippen molar-refractivity contribution in [1.29, 1.82) is 0 Å². The zero-order valence-electron chi connectivity index (χ0n) is 19.9. The van der Waals surface area contributed by atoms with Crippen molar-refractivity contribution in [2.45, 2.75) is 34.1 Å². The quantitative estimate of drug-likeness (QED) is 0.359. The molecule has 0 aliphatic heterocycles. The van der Waals surface area contributed by atoms with E-state index in [2.05, 4.69) is 28.9 Å². The minimum Gasteiger partial charge on any atom is -0.496 e. The number of carbonyl (C=O) groups is 1. The van der Waals surface area contributed by atoms with E-state index < -0.39 is 0 Å². The van der Waals surface area contributed by atoms with Crippen molar-refractivity contribution < 1.29 is 9.53 Å². The average molecular weight is 487 g/mol. The van der Waals surface area contributed by atoms with Crippen molar-refractivity contribution in [1.82, 2.24) is 15.1 Å². The molecular formula is C25H31ClN4O2S. The molecule has 6 nitrogen and oxygen atoms in total. The molecule has 0 radical (unpaired) electrons. The molecule has 0 N–H and O–H groups in total. The Labute approximate surface area is 205 Å². The third kappa shape index (κ3) is 5.91. The Hall–Kier alpha value is -2.48. The number of aryl methyl sites for hydroxylation is 2. The number of halogens is 1. The number of benzene rings is 2. The maximum atomic E-state index is 13.5. The van der Waals surface area contributed by atoms with E-state index in [0.29, 0.717) is 22.3 Å². The van der Waals surface area contributed by atoms with Crippen molar-refractivity contribution in [2.75, 3.05) is 38.2 Å². The smallest absolute Gasteiger partial charge is 0.261 e. The first-order valence-corrected chi connectivity index (χ1v) is 12.4. The van der Waals surface area contributed by atoms with Crippen molar-refractivity contribution >= 4 is 34.0 Å². The summed E-state index contributed by atoms with van der Waals surface area (Å²) in [7, 11) is 1.68. The van der Waals surface area contributed by atoms with Gasteiger partial charge in [-0.25, -0.2) is 0 Å². The Balaban J connectivity index is 1.92. The number of rotatable bonds is 10. The van der Waals surface area contributed by atoms with Crippen LogP contribution in [0.2, 0.25) is 5.02 Å². The molecule has 3 aromatic rings. The summed E-state index contributed by atoms with van der Waals surface area (Å²) in [5, 5.41) is 10.6. The van der Waals surface area contributed by atoms with Crippen molar-refractivity contribution in [3.63, 3.8) is 0 Å². The standard InChI is InChI=1S/C25H31ClN4O2S/c1-6-29(7-2)13-10-14-30(24(31)20-11-8-9-12-21(20)26)25-28-27-23(33-25)19-15-17(3)22(32-5)18(4)16-19/h8-9,11-12,15-16H,6-7,10,13-14H2,1-5H3. The van der Waals surface area contributed by atoms with Crippen LogP contribution in [0.25, 0.3) is 10.6 Å². The summed E-state index contributed by atoms with van der Waals surface area (Å²) in [5.74, 6) is 0.709. The topological polar surface area (TPSA) is 58.6 Å². The van der Waals surface area contributed by atoms with Gasteiger partial charge in [-0.05, 0) is 75.3 Å². The molecule has 0 aliphatic carbocycles. The van der Waals surface area contributed by atoms with E-state index in [1.807, 2.05) is 38.1 Å². The number of anilines is 1. The molecule has 176 valence electrons. The van der Waals surface area contributed by atoms with Crippen LogP contribution in [0, 0.1) is 13.8 Å². The van der Waals surface area contributed by atoms with Gasteiger partial charge in [0.2, 0.25) is 5.13 Å². The van der Waals surface area contributed by atoms with E-state index in [-0.39, 0.29) is 5.91 Å². The van der Waals surface area contributed by atoms with Gasteiger partial charge >= 0.3 is 0 Å². The highest BCUT2D eigenvalue weighted by Gasteiger charge is 2.24. The lowest BCUT2D eigenvalue weighted by Crippen LogP contribution is -2.34. The Morgan fingerprint density at radius 2 is 1.73 bits per heavy atom. The highest BCUT2D eigenvalue weighted by atomic mass is 35.5. The predicted molar refractivity (Wildman–Crippen MR) is 137 cm³/mol. The molecule has 0 aliphatic rings. The second-order valence-corrected chi connectivity index (χ2v) is 9.21. The van der Waals surface area contributed by atoms with Gasteiger partial charge in [-0.3, -0.25) is 9.69 Å². The summed E-state index contributed by atoms with van der Waals surface area (Å²) < 4.78 is 5.48. The number of hydrogen-bond acceptors (Lipinski definition) is 6. The van der Waals surface area contributed by atoms with Crippen molar-refractivity contribution in [3.8, 4) is 16.3 Å². The van der Waals surface area contributed by atoms with Gasteiger partial charge in [0.15, 0.2) is 0 Å². The van der Waals surface area contributed by atoms with Crippen LogP contribution >= 0.6 is 22.9 Å². The molecule has 0 atom stereocenters. The minimum absolute atomic E-state index is 0.162. The normalized spacial score (nSPS) is 11.1. The molecule has 8 heteroatoms. The van der Waals surface area contributed by atoms with Gasteiger partial charge in [0.05, 0.1) is 17.7 Å². The summed E-state index contributed by atoms with van der Waals surface area (Å²) in [6, 6.07) is 11.2. The zero-order valence-corrected chi connectivity index (χ0v) is 21.5. The minimum atomic E-state index is -0.162. The summed E-state index contributed by atoms with van der Waals surface area (Å²) >= 11 is 7.75. The molecule has 0 fully saturated rings. The number of carbonyl (C=O) groups excluding carboxylic acids is 1. The molecule has 0 unspecified atom stereocenters. The monoisotopic (exact) mass is 486 g/mol. The Kier molecular flexibility index (Phi) is 8.83. The Bertz CT molecular complexity index is 1070. The molecule has 0 saturated carbocycles. The third-order valence-electron chi connectivity index (χ3n) is 5.66. The first-order chi connectivity index (χ1) is 15.9. The lowest BCUT2D eigenvalue weighted by molar-refractivity contribution is 0.0985. The fourth-order valence-corrected chi connectivity index (χ4v) is 4.97. The zero-order chi connectivity index (χ0) is 24.0. The largest absolute Gasteiger partial charge is 0.496 e. The van der Waals surface area contributed by atoms with E-state index in [1.165, 1.54) is 11.3 Å². The number of hydrogen-bond donors (Lipinski definition) is 0. The van der Waals surface area contributed by atoms with Crippen LogP contribution < -0.4 is 9.64 Å². The van der Waals surface area contributed by atoms with Gasteiger partial charge in [0.25, 0.3) is 5.91 Å². The molecule has 1 heterocycles. The number of nitrogens with zero attached hydrogens (tertiary/aromatic N) is 4. The van der Waals surface area contributed by atoms with Gasteiger partial charge in [-0.15, -0.1) is 10.2 Å². The van der Waals surface area contributed by atoms with Gasteiger partial charge in [0, 0.05) is 12.1 Å². The van der Waals surface area contributed by atoms with Crippen LogP contribution in [0.15, 0.2) is 36.4 Å². The van der Waals surface area contributed by atoms with Crippen molar-refractivity contribution in [3.05, 3.63) is 58.1 Å². The average Bonchev–Trinajstić information content (AvgIpc) is 3.29. The Morgan fingerprint density at radius 1 is 1.06 bits per heavy atom. The molecule has 0 saturated heterocycles. The van der Waals surface area contributed by atoms with Gasteiger partial charge in [-0.2, -0.15) is 0 Å². The molecule has 2 aromatic carbocycles. The number of amides is 1. The molecular weight excluding hydrogens is 456 g/mol. The van der Waals surface area contributed by atoms with Crippen LogP contribution in [0.4, 0.5) is 5.13 Å². The summed E-state index contributed by atoms with van der Waals surface area (Å²) in [5.41, 5.74) is 3.50. The van der Waals surface area contributed by atoms with Crippen LogP contribution in [0.3, 0.4) is 0 Å². The van der Waals surface area contributed by atoms with Crippen molar-refractivity contribution in [2.24, 2.45) is 0 Å². The predicted octanol–water partition coefficient (Wildman–Crippen LogP) is 5.86. The van der Waals surface area contributed by atoms with Crippen LogP contribution in [0.1, 0.15) is 41.8 Å². The van der Waals surface area contributed by atoms with Gasteiger partial charge in [0.1, 0.15) is 10.8 Å². The van der Waals surface area contributed by atoms with Gasteiger partial charge < -0.3 is 9.64 Å². The van der Waals surface area contributed by atoms with E-state index in [1.54, 1.807) is 24.1 Å². The summed E-state index contributed by atoms with van der Waals surface area (Å²) in [6.07, 6.45) is 0.827. The molecule has 0 spiro atoms. The number of methoxy groups -OCH3 is 1. The van der Waals surface area contributed by atoms with Crippen LogP contribution in [-0.4, -0.2) is 54.3 Å². The van der Waals surface area contributed by atoms with Crippen LogP contribution in [-0.2, 0) is 0 Å². The molecule has 1 aromatic heterocycles. The fourth-order valence-electron chi connectivity index (χ4n) is 3.89. The number of aromatic nitrogens is 2. The highest BCUT2D eigenvalue weighted by molar-refractivity contribution is 7.18. The second-order valence-electron chi connectivity index (χ2n) is 7.85. The lowest BCUT2D eigenvalue weighted by atomic mass is 10.1. The maximum Gasteiger partial charge on any atom is 0.261 e. The second kappa shape index (κ2) is 11.6. The van der Waals surface area contributed by atoms with Gasteiger partial charge in [-0.1, -0.05) is 48.9 Å². The molecule has 33 heavy (non-hydrogen) atoms. The third-order valence-corrected chi connectivity index (χ3v) is 6.98. The lowest BCUT2D eigenvalue weighted by Gasteiger charge is -2.23. The molecule has 0 bridgehead atoms. The van der Waals surface area contributed by atoms with E-state index >= 15 is 0 Å². The fraction of sp³-hybridized carbons (Fsp3) is 0.400. The molecule has 3 rings (SSSR count). The van der Waals surface area contributed by atoms with E-state index in [9.17, 15) is 4.79 Å². The van der Waals surface area contributed by atoms with Crippen LogP contribution in [0.5, 0.6) is 5.75 Å². The van der Waals surface area contributed by atoms with E-state index in [4.69, 9.17) is 16.3 Å². The number of ether oxygens (including phenoxy) is 1. The maximum absolute atomic E-state index is 13.5. The summed E-state index contributed by atoms with van der Waals surface area (Å²) in [4.78, 5) is 17.5. The van der Waals surface area contributed by atoms with E-state index in [0.717, 1.165) is 53.5 Å². The molecule has 1 amide bonds. The first kappa shape index (κ1) is 25.1. The Morgan fingerprint density at radius 3 is 2.33 bits per heavy atom.